The Kier molecular flexibility index (Phi) is 2.50. The summed E-state index contributed by atoms with van der Waals surface area (Å²) in [5.41, 5.74) is 8.64. The molecule has 2 N–H and O–H groups in total. The fraction of sp³-hybridized carbons (Fsp3) is 0.200. The van der Waals surface area contributed by atoms with Crippen molar-refractivity contribution >= 4 is 17.1 Å². The number of nitrogen functional groups attached to an aromatic ring is 1. The van der Waals surface area contributed by atoms with Crippen molar-refractivity contribution in [2.75, 3.05) is 19.5 Å². The normalized spacial score (nSPS) is 16.7. The van der Waals surface area contributed by atoms with Gasteiger partial charge in [0.15, 0.2) is 5.65 Å². The summed E-state index contributed by atoms with van der Waals surface area (Å²) in [4.78, 5) is 8.85. The number of aromatic nitrogens is 3. The Morgan fingerprint density at radius 3 is 2.95 bits per heavy atom. The molecular weight excluding hydrogens is 268 g/mol. The van der Waals surface area contributed by atoms with Crippen molar-refractivity contribution in [3.8, 4) is 11.6 Å². The molecule has 0 radical (unpaired) electrons. The second kappa shape index (κ2) is 4.37. The maximum atomic E-state index is 6.10. The Morgan fingerprint density at radius 2 is 2.10 bits per heavy atom. The summed E-state index contributed by atoms with van der Waals surface area (Å²) in [6.07, 6.45) is 0. The highest BCUT2D eigenvalue weighted by molar-refractivity contribution is 5.75. The van der Waals surface area contributed by atoms with Crippen LogP contribution < -0.4 is 15.2 Å². The van der Waals surface area contributed by atoms with Crippen molar-refractivity contribution in [2.24, 2.45) is 0 Å². The molecule has 0 amide bonds. The number of pyridine rings is 1. The van der Waals surface area contributed by atoms with E-state index in [9.17, 15) is 0 Å². The molecule has 6 heteroatoms. The van der Waals surface area contributed by atoms with Gasteiger partial charge in [0.2, 0.25) is 11.8 Å². The van der Waals surface area contributed by atoms with Crippen molar-refractivity contribution in [3.05, 3.63) is 42.0 Å². The van der Waals surface area contributed by atoms with E-state index in [0.717, 1.165) is 16.8 Å². The first kappa shape index (κ1) is 12.0. The van der Waals surface area contributed by atoms with Crippen LogP contribution in [0.4, 0.5) is 5.95 Å². The van der Waals surface area contributed by atoms with Gasteiger partial charge in [-0.3, -0.25) is 4.57 Å². The molecule has 0 spiro atoms. The number of nitrogens with zero attached hydrogens (tertiary/aromatic N) is 3. The summed E-state index contributed by atoms with van der Waals surface area (Å²) >= 11 is 0. The van der Waals surface area contributed by atoms with E-state index in [4.69, 9.17) is 15.2 Å². The van der Waals surface area contributed by atoms with E-state index in [2.05, 4.69) is 9.97 Å². The Hall–Kier alpha value is -2.76. The molecule has 106 valence electrons. The predicted octanol–water partition coefficient (Wildman–Crippen LogP) is 2.00. The quantitative estimate of drug-likeness (QED) is 0.778. The van der Waals surface area contributed by atoms with Crippen LogP contribution in [0.25, 0.3) is 11.2 Å². The molecule has 3 aromatic rings. The Morgan fingerprint density at radius 1 is 1.24 bits per heavy atom. The van der Waals surface area contributed by atoms with E-state index < -0.39 is 0 Å². The standard InChI is InChI=1S/C15H14N4O2/c1-20-13-7-6-10-14(18-13)19(15(16)17-10)11-8-21-12-5-3-2-4-9(11)12/h2-7,11H,8H2,1H3,(H2,16,17). The van der Waals surface area contributed by atoms with Crippen LogP contribution in [0.15, 0.2) is 36.4 Å². The first-order chi connectivity index (χ1) is 10.3. The van der Waals surface area contributed by atoms with Crippen molar-refractivity contribution in [1.82, 2.24) is 14.5 Å². The molecule has 0 saturated carbocycles. The summed E-state index contributed by atoms with van der Waals surface area (Å²) in [6, 6.07) is 11.6. The highest BCUT2D eigenvalue weighted by Gasteiger charge is 2.28. The average Bonchev–Trinajstić information content (AvgIpc) is 3.06. The fourth-order valence-corrected chi connectivity index (χ4v) is 2.75. The Bertz CT molecular complexity index is 828. The fourth-order valence-electron chi connectivity index (χ4n) is 2.75. The minimum absolute atomic E-state index is 0.0224. The summed E-state index contributed by atoms with van der Waals surface area (Å²) in [7, 11) is 1.59. The van der Waals surface area contributed by atoms with Crippen molar-refractivity contribution < 1.29 is 9.47 Å². The van der Waals surface area contributed by atoms with Gasteiger partial charge in [-0.05, 0) is 12.1 Å². The van der Waals surface area contributed by atoms with Crippen LogP contribution in [-0.4, -0.2) is 28.3 Å². The van der Waals surface area contributed by atoms with Gasteiger partial charge in [0, 0.05) is 11.6 Å². The zero-order chi connectivity index (χ0) is 14.4. The van der Waals surface area contributed by atoms with Crippen molar-refractivity contribution in [3.63, 3.8) is 0 Å². The van der Waals surface area contributed by atoms with E-state index in [1.807, 2.05) is 34.9 Å². The van der Waals surface area contributed by atoms with Gasteiger partial charge in [-0.1, -0.05) is 18.2 Å². The van der Waals surface area contributed by atoms with E-state index in [0.29, 0.717) is 24.1 Å². The first-order valence-corrected chi connectivity index (χ1v) is 6.68. The Labute approximate surface area is 121 Å². The molecule has 1 unspecified atom stereocenters. The van der Waals surface area contributed by atoms with Crippen LogP contribution in [0.3, 0.4) is 0 Å². The summed E-state index contributed by atoms with van der Waals surface area (Å²) in [5.74, 6) is 1.85. The molecule has 1 aliphatic heterocycles. The highest BCUT2D eigenvalue weighted by Crippen LogP contribution is 2.37. The number of para-hydroxylation sites is 1. The van der Waals surface area contributed by atoms with Gasteiger partial charge in [0.05, 0.1) is 7.11 Å². The minimum atomic E-state index is -0.0224. The monoisotopic (exact) mass is 282 g/mol. The van der Waals surface area contributed by atoms with Gasteiger partial charge in [-0.25, -0.2) is 4.98 Å². The van der Waals surface area contributed by atoms with E-state index >= 15 is 0 Å². The third kappa shape index (κ3) is 1.72. The minimum Gasteiger partial charge on any atom is -0.491 e. The molecule has 1 atom stereocenters. The largest absolute Gasteiger partial charge is 0.491 e. The second-order valence-electron chi connectivity index (χ2n) is 4.90. The van der Waals surface area contributed by atoms with Crippen molar-refractivity contribution in [2.45, 2.75) is 6.04 Å². The van der Waals surface area contributed by atoms with Crippen LogP contribution in [0.1, 0.15) is 11.6 Å². The number of methoxy groups -OCH3 is 1. The molecule has 2 aromatic heterocycles. The molecule has 3 heterocycles. The van der Waals surface area contributed by atoms with Gasteiger partial charge in [-0.2, -0.15) is 4.98 Å². The van der Waals surface area contributed by atoms with E-state index in [1.165, 1.54) is 0 Å². The maximum Gasteiger partial charge on any atom is 0.215 e. The number of imidazole rings is 1. The number of benzene rings is 1. The number of ether oxygens (including phenoxy) is 2. The van der Waals surface area contributed by atoms with E-state index in [-0.39, 0.29) is 6.04 Å². The van der Waals surface area contributed by atoms with Crippen LogP contribution in [0, 0.1) is 0 Å². The smallest absolute Gasteiger partial charge is 0.215 e. The molecule has 21 heavy (non-hydrogen) atoms. The first-order valence-electron chi connectivity index (χ1n) is 6.68. The summed E-state index contributed by atoms with van der Waals surface area (Å²) < 4.78 is 12.8. The topological polar surface area (TPSA) is 75.2 Å². The third-order valence-corrected chi connectivity index (χ3v) is 3.73. The van der Waals surface area contributed by atoms with Crippen LogP contribution in [-0.2, 0) is 0 Å². The summed E-state index contributed by atoms with van der Waals surface area (Å²) in [6.45, 7) is 0.522. The number of anilines is 1. The van der Waals surface area contributed by atoms with Crippen molar-refractivity contribution in [1.29, 1.82) is 0 Å². The van der Waals surface area contributed by atoms with Crippen LogP contribution in [0.2, 0.25) is 0 Å². The highest BCUT2D eigenvalue weighted by atomic mass is 16.5. The van der Waals surface area contributed by atoms with Crippen LogP contribution >= 0.6 is 0 Å². The molecular formula is C15H14N4O2. The zero-order valence-corrected chi connectivity index (χ0v) is 11.5. The Balaban J connectivity index is 1.93. The predicted molar refractivity (Wildman–Crippen MR) is 78.6 cm³/mol. The number of hydrogen-bond acceptors (Lipinski definition) is 5. The molecule has 0 aliphatic carbocycles. The molecule has 4 rings (SSSR count). The average molecular weight is 282 g/mol. The molecule has 1 aliphatic rings. The molecule has 0 fully saturated rings. The van der Waals surface area contributed by atoms with E-state index in [1.54, 1.807) is 13.2 Å². The summed E-state index contributed by atoms with van der Waals surface area (Å²) in [5, 5.41) is 0. The number of hydrogen-bond donors (Lipinski definition) is 1. The lowest BCUT2D eigenvalue weighted by Gasteiger charge is -2.13. The van der Waals surface area contributed by atoms with Crippen LogP contribution in [0.5, 0.6) is 11.6 Å². The van der Waals surface area contributed by atoms with Gasteiger partial charge in [0.1, 0.15) is 23.9 Å². The SMILES string of the molecule is COc1ccc2nc(N)n(C3COc4ccccc43)c2n1. The van der Waals surface area contributed by atoms with Gasteiger partial charge in [-0.15, -0.1) is 0 Å². The lowest BCUT2D eigenvalue weighted by Crippen LogP contribution is -2.15. The number of rotatable bonds is 2. The van der Waals surface area contributed by atoms with Gasteiger partial charge >= 0.3 is 0 Å². The second-order valence-corrected chi connectivity index (χ2v) is 4.90. The molecule has 0 saturated heterocycles. The lowest BCUT2D eigenvalue weighted by atomic mass is 10.1. The number of fused-ring (bicyclic) bond motifs is 2. The third-order valence-electron chi connectivity index (χ3n) is 3.73. The number of nitrogens with two attached hydrogens (primary N) is 1. The maximum absolute atomic E-state index is 6.10. The molecule has 0 bridgehead atoms. The zero-order valence-electron chi connectivity index (χ0n) is 11.5. The lowest BCUT2D eigenvalue weighted by molar-refractivity contribution is 0.319. The van der Waals surface area contributed by atoms with Gasteiger partial charge < -0.3 is 15.2 Å². The van der Waals surface area contributed by atoms with Gasteiger partial charge in [0.25, 0.3) is 0 Å². The molecule has 6 nitrogen and oxygen atoms in total. The molecule has 1 aromatic carbocycles.